The predicted octanol–water partition coefficient (Wildman–Crippen LogP) is 4.15. The number of hydrogen-bond acceptors (Lipinski definition) is 5. The molecule has 0 unspecified atom stereocenters. The van der Waals surface area contributed by atoms with Gasteiger partial charge in [0, 0.05) is 11.9 Å². The smallest absolute Gasteiger partial charge is 0.416 e. The van der Waals surface area contributed by atoms with Crippen molar-refractivity contribution in [3.05, 3.63) is 60.6 Å². The van der Waals surface area contributed by atoms with Crippen LogP contribution in [0.2, 0.25) is 0 Å². The Balaban J connectivity index is 1.77. The number of fused-ring (bicyclic) bond motifs is 1. The first-order valence-corrected chi connectivity index (χ1v) is 7.20. The number of alkyl halides is 3. The van der Waals surface area contributed by atoms with Crippen LogP contribution < -0.4 is 5.32 Å². The molecule has 0 amide bonds. The Kier molecular flexibility index (Phi) is 3.41. The summed E-state index contributed by atoms with van der Waals surface area (Å²) < 4.78 is 44.9. The van der Waals surface area contributed by atoms with Crippen LogP contribution in [-0.2, 0) is 6.18 Å². The number of nitrogens with zero attached hydrogens (tertiary/aromatic N) is 4. The molecule has 25 heavy (non-hydrogen) atoms. The van der Waals surface area contributed by atoms with Crippen molar-refractivity contribution in [3.63, 3.8) is 0 Å². The fraction of sp³-hybridized carbons (Fsp3) is 0.0625. The van der Waals surface area contributed by atoms with Gasteiger partial charge in [-0.25, -0.2) is 4.52 Å². The van der Waals surface area contributed by atoms with E-state index in [1.165, 1.54) is 18.5 Å². The molecule has 0 aliphatic heterocycles. The average Bonchev–Trinajstić information content (AvgIpc) is 3.23. The molecule has 3 aromatic heterocycles. The van der Waals surface area contributed by atoms with Crippen LogP contribution in [0.1, 0.15) is 5.56 Å². The molecule has 0 aliphatic carbocycles. The molecule has 1 N–H and O–H groups in total. The Labute approximate surface area is 138 Å². The van der Waals surface area contributed by atoms with Crippen LogP contribution in [-0.4, -0.2) is 19.8 Å². The van der Waals surface area contributed by atoms with Gasteiger partial charge in [0.2, 0.25) is 6.39 Å². The molecule has 3 heterocycles. The molecule has 0 aliphatic rings. The second kappa shape index (κ2) is 5.62. The molecule has 0 saturated carbocycles. The van der Waals surface area contributed by atoms with Crippen LogP contribution in [0.15, 0.2) is 59.5 Å². The minimum Gasteiger partial charge on any atom is -0.422 e. The summed E-state index contributed by atoms with van der Waals surface area (Å²) in [5.74, 6) is 0.207. The number of anilines is 2. The summed E-state index contributed by atoms with van der Waals surface area (Å²) in [4.78, 5) is 0. The molecule has 1 aromatic carbocycles. The van der Waals surface area contributed by atoms with E-state index in [4.69, 9.17) is 4.42 Å². The number of hydrogen-bond donors (Lipinski definition) is 1. The molecule has 9 heteroatoms. The molecule has 6 nitrogen and oxygen atoms in total. The van der Waals surface area contributed by atoms with E-state index < -0.39 is 11.7 Å². The summed E-state index contributed by atoms with van der Waals surface area (Å²) in [6.07, 6.45) is -1.45. The standard InChI is InChI=1S/C16H10F3N5O/c17-16(18,19)10-4-6-11(7-5-10)21-13-12-3-1-2-8-24(12)23-14(13)15-22-20-9-25-15/h1-9,21H. The van der Waals surface area contributed by atoms with Crippen LogP contribution >= 0.6 is 0 Å². The van der Waals surface area contributed by atoms with E-state index in [1.54, 1.807) is 16.8 Å². The molecular weight excluding hydrogens is 335 g/mol. The molecule has 0 spiro atoms. The molecular formula is C16H10F3N5O. The number of benzene rings is 1. The van der Waals surface area contributed by atoms with E-state index in [2.05, 4.69) is 20.6 Å². The zero-order valence-electron chi connectivity index (χ0n) is 12.5. The Hall–Kier alpha value is -3.36. The lowest BCUT2D eigenvalue weighted by Crippen LogP contribution is -2.04. The van der Waals surface area contributed by atoms with Crippen LogP contribution in [0, 0.1) is 0 Å². The van der Waals surface area contributed by atoms with E-state index >= 15 is 0 Å². The summed E-state index contributed by atoms with van der Waals surface area (Å²) >= 11 is 0. The Bertz CT molecular complexity index is 1010. The highest BCUT2D eigenvalue weighted by Crippen LogP contribution is 2.34. The van der Waals surface area contributed by atoms with Crippen molar-refractivity contribution in [3.8, 4) is 11.6 Å². The maximum atomic E-state index is 12.7. The van der Waals surface area contributed by atoms with Gasteiger partial charge < -0.3 is 9.73 Å². The van der Waals surface area contributed by atoms with Gasteiger partial charge >= 0.3 is 6.18 Å². The van der Waals surface area contributed by atoms with Gasteiger partial charge in [-0.15, -0.1) is 10.2 Å². The molecule has 0 bridgehead atoms. The number of halogens is 3. The molecule has 4 rings (SSSR count). The van der Waals surface area contributed by atoms with Gasteiger partial charge in [0.25, 0.3) is 5.89 Å². The summed E-state index contributed by atoms with van der Waals surface area (Å²) in [7, 11) is 0. The Morgan fingerprint density at radius 1 is 1.04 bits per heavy atom. The van der Waals surface area contributed by atoms with E-state index in [1.807, 2.05) is 12.1 Å². The highest BCUT2D eigenvalue weighted by Gasteiger charge is 2.30. The summed E-state index contributed by atoms with van der Waals surface area (Å²) in [5.41, 5.74) is 1.45. The number of aromatic nitrogens is 4. The van der Waals surface area contributed by atoms with Gasteiger partial charge in [-0.1, -0.05) is 6.07 Å². The lowest BCUT2D eigenvalue weighted by atomic mass is 10.2. The minimum absolute atomic E-state index is 0.207. The molecule has 0 atom stereocenters. The fourth-order valence-corrected chi connectivity index (χ4v) is 2.43. The summed E-state index contributed by atoms with van der Waals surface area (Å²) in [6, 6.07) is 10.2. The summed E-state index contributed by atoms with van der Waals surface area (Å²) in [5, 5.41) is 15.0. The highest BCUT2D eigenvalue weighted by atomic mass is 19.4. The monoisotopic (exact) mass is 345 g/mol. The maximum absolute atomic E-state index is 12.7. The topological polar surface area (TPSA) is 68.2 Å². The third-order valence-corrected chi connectivity index (χ3v) is 3.58. The summed E-state index contributed by atoms with van der Waals surface area (Å²) in [6.45, 7) is 0. The third kappa shape index (κ3) is 2.80. The van der Waals surface area contributed by atoms with Gasteiger partial charge in [0.05, 0.1) is 16.8 Å². The zero-order chi connectivity index (χ0) is 17.4. The lowest BCUT2D eigenvalue weighted by Gasteiger charge is -2.09. The average molecular weight is 345 g/mol. The van der Waals surface area contributed by atoms with E-state index in [0.29, 0.717) is 17.1 Å². The molecule has 0 fully saturated rings. The molecule has 0 radical (unpaired) electrons. The number of pyridine rings is 1. The third-order valence-electron chi connectivity index (χ3n) is 3.58. The van der Waals surface area contributed by atoms with Crippen LogP contribution in [0.5, 0.6) is 0 Å². The van der Waals surface area contributed by atoms with Crippen LogP contribution in [0.4, 0.5) is 24.5 Å². The van der Waals surface area contributed by atoms with Crippen molar-refractivity contribution in [1.82, 2.24) is 19.8 Å². The number of nitrogens with one attached hydrogen (secondary N) is 1. The van der Waals surface area contributed by atoms with Gasteiger partial charge in [-0.3, -0.25) is 0 Å². The van der Waals surface area contributed by atoms with Gasteiger partial charge in [0.1, 0.15) is 0 Å². The Morgan fingerprint density at radius 3 is 2.52 bits per heavy atom. The fourth-order valence-electron chi connectivity index (χ4n) is 2.43. The first kappa shape index (κ1) is 15.2. The van der Waals surface area contributed by atoms with Crippen molar-refractivity contribution < 1.29 is 17.6 Å². The van der Waals surface area contributed by atoms with Gasteiger partial charge in [-0.2, -0.15) is 18.3 Å². The second-order valence-corrected chi connectivity index (χ2v) is 5.20. The molecule has 0 saturated heterocycles. The van der Waals surface area contributed by atoms with Crippen LogP contribution in [0.25, 0.3) is 17.1 Å². The van der Waals surface area contributed by atoms with Gasteiger partial charge in [0.15, 0.2) is 5.69 Å². The second-order valence-electron chi connectivity index (χ2n) is 5.20. The highest BCUT2D eigenvalue weighted by molar-refractivity contribution is 5.87. The van der Waals surface area contributed by atoms with Crippen LogP contribution in [0.3, 0.4) is 0 Å². The Morgan fingerprint density at radius 2 is 1.84 bits per heavy atom. The molecule has 4 aromatic rings. The largest absolute Gasteiger partial charge is 0.422 e. The lowest BCUT2D eigenvalue weighted by molar-refractivity contribution is -0.137. The van der Waals surface area contributed by atoms with Crippen molar-refractivity contribution in [1.29, 1.82) is 0 Å². The molecule has 126 valence electrons. The van der Waals surface area contributed by atoms with Crippen molar-refractivity contribution in [2.75, 3.05) is 5.32 Å². The first-order valence-electron chi connectivity index (χ1n) is 7.20. The van der Waals surface area contributed by atoms with Crippen molar-refractivity contribution >= 4 is 16.9 Å². The number of rotatable bonds is 3. The zero-order valence-corrected chi connectivity index (χ0v) is 12.5. The van der Waals surface area contributed by atoms with E-state index in [0.717, 1.165) is 17.6 Å². The SMILES string of the molecule is FC(F)(F)c1ccc(Nc2c(-c3nnco3)nn3ccccc23)cc1. The normalized spacial score (nSPS) is 11.8. The first-order chi connectivity index (χ1) is 12.0. The van der Waals surface area contributed by atoms with E-state index in [9.17, 15) is 13.2 Å². The quantitative estimate of drug-likeness (QED) is 0.604. The maximum Gasteiger partial charge on any atom is 0.416 e. The van der Waals surface area contributed by atoms with Gasteiger partial charge in [-0.05, 0) is 36.4 Å². The minimum atomic E-state index is -4.38. The predicted molar refractivity (Wildman–Crippen MR) is 83.2 cm³/mol. The van der Waals surface area contributed by atoms with E-state index in [-0.39, 0.29) is 5.89 Å². The van der Waals surface area contributed by atoms with Crippen molar-refractivity contribution in [2.24, 2.45) is 0 Å². The van der Waals surface area contributed by atoms with Crippen molar-refractivity contribution in [2.45, 2.75) is 6.18 Å².